The minimum Gasteiger partial charge on any atom is -0.394 e. The summed E-state index contributed by atoms with van der Waals surface area (Å²) >= 11 is 0. The molecule has 0 unspecified atom stereocenters. The Bertz CT molecular complexity index is 719. The van der Waals surface area contributed by atoms with Gasteiger partial charge in [0, 0.05) is 32.4 Å². The predicted octanol–water partition coefficient (Wildman–Crippen LogP) is -0.0928. The van der Waals surface area contributed by atoms with Gasteiger partial charge in [0.05, 0.1) is 12.6 Å². The minimum absolute atomic E-state index is 0.0733. The zero-order valence-electron chi connectivity index (χ0n) is 12.1. The summed E-state index contributed by atoms with van der Waals surface area (Å²) in [6.07, 6.45) is 1.52. The Balaban J connectivity index is 2.20. The highest BCUT2D eigenvalue weighted by Gasteiger charge is 2.12. The first-order valence-electron chi connectivity index (χ1n) is 6.69. The van der Waals surface area contributed by atoms with Gasteiger partial charge in [-0.2, -0.15) is 0 Å². The number of aromatic nitrogens is 2. The van der Waals surface area contributed by atoms with Gasteiger partial charge in [0.25, 0.3) is 5.56 Å². The van der Waals surface area contributed by atoms with Crippen LogP contribution in [0.5, 0.6) is 0 Å². The maximum atomic E-state index is 12.0. The number of aryl methyl sites for hydroxylation is 1. The Kier molecular flexibility index (Phi) is 4.72. The van der Waals surface area contributed by atoms with E-state index in [9.17, 15) is 14.7 Å². The fourth-order valence-corrected chi connectivity index (χ4v) is 2.21. The Morgan fingerprint density at radius 2 is 1.86 bits per heavy atom. The molecular formula is C15H19N3O3. The molecule has 1 heterocycles. The second-order valence-electron chi connectivity index (χ2n) is 4.94. The topological polar surface area (TPSA) is 76.3 Å². The molecule has 6 nitrogen and oxygen atoms in total. The van der Waals surface area contributed by atoms with E-state index in [4.69, 9.17) is 0 Å². The molecule has 0 fully saturated rings. The quantitative estimate of drug-likeness (QED) is 0.806. The maximum absolute atomic E-state index is 12.0. The highest BCUT2D eigenvalue weighted by atomic mass is 16.3. The predicted molar refractivity (Wildman–Crippen MR) is 80.0 cm³/mol. The molecule has 0 saturated carbocycles. The molecule has 1 atom stereocenters. The number of aliphatic hydroxyl groups is 1. The van der Waals surface area contributed by atoms with Crippen molar-refractivity contribution in [1.82, 2.24) is 14.5 Å². The Morgan fingerprint density at radius 3 is 2.48 bits per heavy atom. The second kappa shape index (κ2) is 6.51. The van der Waals surface area contributed by atoms with E-state index in [1.54, 1.807) is 7.05 Å². The van der Waals surface area contributed by atoms with Crippen LogP contribution in [-0.2, 0) is 20.6 Å². The van der Waals surface area contributed by atoms with Crippen LogP contribution in [0.3, 0.4) is 0 Å². The summed E-state index contributed by atoms with van der Waals surface area (Å²) < 4.78 is 2.45. The second-order valence-corrected chi connectivity index (χ2v) is 4.94. The van der Waals surface area contributed by atoms with Crippen LogP contribution in [0.25, 0.3) is 0 Å². The van der Waals surface area contributed by atoms with Crippen LogP contribution < -0.4 is 16.6 Å². The first-order chi connectivity index (χ1) is 10.0. The molecule has 0 spiro atoms. The van der Waals surface area contributed by atoms with Crippen LogP contribution in [0.2, 0.25) is 0 Å². The number of benzene rings is 1. The van der Waals surface area contributed by atoms with Crippen LogP contribution in [0.4, 0.5) is 0 Å². The minimum atomic E-state index is -0.356. The van der Waals surface area contributed by atoms with E-state index in [2.05, 4.69) is 5.32 Å². The average Bonchev–Trinajstić information content (AvgIpc) is 2.51. The number of aliphatic hydroxyl groups excluding tert-OH is 1. The van der Waals surface area contributed by atoms with Crippen molar-refractivity contribution in [2.24, 2.45) is 14.1 Å². The molecule has 0 bridgehead atoms. The van der Waals surface area contributed by atoms with E-state index in [1.807, 2.05) is 30.3 Å². The number of nitrogens with zero attached hydrogens (tertiary/aromatic N) is 2. The lowest BCUT2D eigenvalue weighted by Crippen LogP contribution is -2.40. The molecule has 1 aromatic heterocycles. The number of nitrogens with one attached hydrogen (secondary N) is 1. The Morgan fingerprint density at radius 1 is 1.19 bits per heavy atom. The monoisotopic (exact) mass is 289 g/mol. The third-order valence-corrected chi connectivity index (χ3v) is 3.44. The van der Waals surface area contributed by atoms with Crippen molar-refractivity contribution in [3.8, 4) is 0 Å². The zero-order chi connectivity index (χ0) is 15.4. The summed E-state index contributed by atoms with van der Waals surface area (Å²) in [5, 5.41) is 12.6. The molecule has 2 N–H and O–H groups in total. The molecule has 1 aromatic carbocycles. The van der Waals surface area contributed by atoms with Gasteiger partial charge in [-0.05, 0) is 5.56 Å². The lowest BCUT2D eigenvalue weighted by molar-refractivity contribution is 0.243. The van der Waals surface area contributed by atoms with E-state index in [-0.39, 0.29) is 30.4 Å². The van der Waals surface area contributed by atoms with Crippen molar-refractivity contribution >= 4 is 0 Å². The Labute approximate surface area is 122 Å². The summed E-state index contributed by atoms with van der Waals surface area (Å²) in [5.74, 6) is 0. The highest BCUT2D eigenvalue weighted by Crippen LogP contribution is 2.11. The van der Waals surface area contributed by atoms with Gasteiger partial charge in [-0.25, -0.2) is 4.79 Å². The van der Waals surface area contributed by atoms with Gasteiger partial charge >= 0.3 is 5.69 Å². The summed E-state index contributed by atoms with van der Waals surface area (Å²) in [6, 6.07) is 9.25. The third kappa shape index (κ3) is 3.29. The average molecular weight is 289 g/mol. The van der Waals surface area contributed by atoms with Gasteiger partial charge < -0.3 is 15.0 Å². The van der Waals surface area contributed by atoms with E-state index >= 15 is 0 Å². The summed E-state index contributed by atoms with van der Waals surface area (Å²) in [4.78, 5) is 23.6. The van der Waals surface area contributed by atoms with Gasteiger partial charge in [0.1, 0.15) is 0 Å². The fraction of sp³-hybridized carbons (Fsp3) is 0.333. The van der Waals surface area contributed by atoms with Crippen LogP contribution >= 0.6 is 0 Å². The SMILES string of the molecule is Cn1cc(CN[C@@H](CO)c2ccccc2)c(=O)n(C)c1=O. The van der Waals surface area contributed by atoms with Crippen molar-refractivity contribution < 1.29 is 5.11 Å². The largest absolute Gasteiger partial charge is 0.394 e. The maximum Gasteiger partial charge on any atom is 0.330 e. The van der Waals surface area contributed by atoms with E-state index < -0.39 is 0 Å². The first kappa shape index (κ1) is 15.2. The number of hydrogen-bond donors (Lipinski definition) is 2. The van der Waals surface area contributed by atoms with E-state index in [1.165, 1.54) is 17.8 Å². The first-order valence-corrected chi connectivity index (χ1v) is 6.69. The number of rotatable bonds is 5. The standard InChI is InChI=1S/C15H19N3O3/c1-17-9-12(14(20)18(2)15(17)21)8-16-13(10-19)11-6-4-3-5-7-11/h3-7,9,13,16,19H,8,10H2,1-2H3/t13-/m0/s1. The molecule has 2 rings (SSSR count). The third-order valence-electron chi connectivity index (χ3n) is 3.44. The summed E-state index contributed by atoms with van der Waals surface area (Å²) in [5.41, 5.74) is 0.747. The molecule has 2 aromatic rings. The molecular weight excluding hydrogens is 270 g/mol. The van der Waals surface area contributed by atoms with Crippen molar-refractivity contribution in [1.29, 1.82) is 0 Å². The van der Waals surface area contributed by atoms with Gasteiger partial charge in [0.2, 0.25) is 0 Å². The van der Waals surface area contributed by atoms with Gasteiger partial charge in [0.15, 0.2) is 0 Å². The zero-order valence-corrected chi connectivity index (χ0v) is 12.1. The Hall–Kier alpha value is -2.18. The van der Waals surface area contributed by atoms with E-state index in [0.29, 0.717) is 5.56 Å². The van der Waals surface area contributed by atoms with Crippen LogP contribution in [0, 0.1) is 0 Å². The van der Waals surface area contributed by atoms with Crippen LogP contribution in [0.15, 0.2) is 46.1 Å². The van der Waals surface area contributed by atoms with Crippen molar-refractivity contribution in [2.75, 3.05) is 6.61 Å². The molecule has 6 heteroatoms. The molecule has 0 aliphatic carbocycles. The van der Waals surface area contributed by atoms with Crippen LogP contribution in [-0.4, -0.2) is 20.8 Å². The highest BCUT2D eigenvalue weighted by molar-refractivity contribution is 5.19. The normalized spacial score (nSPS) is 12.3. The molecule has 112 valence electrons. The smallest absolute Gasteiger partial charge is 0.330 e. The molecule has 0 aliphatic rings. The summed E-state index contributed by atoms with van der Waals surface area (Å²) in [6.45, 7) is 0.205. The summed E-state index contributed by atoms with van der Waals surface area (Å²) in [7, 11) is 3.06. The fourth-order valence-electron chi connectivity index (χ4n) is 2.21. The molecule has 0 radical (unpaired) electrons. The molecule has 0 saturated heterocycles. The molecule has 0 aliphatic heterocycles. The van der Waals surface area contributed by atoms with Gasteiger partial charge in [-0.1, -0.05) is 30.3 Å². The number of hydrogen-bond acceptors (Lipinski definition) is 4. The van der Waals surface area contributed by atoms with Gasteiger partial charge in [-0.15, -0.1) is 0 Å². The van der Waals surface area contributed by atoms with Crippen molar-refractivity contribution in [3.05, 3.63) is 68.5 Å². The lowest BCUT2D eigenvalue weighted by atomic mass is 10.1. The van der Waals surface area contributed by atoms with Crippen molar-refractivity contribution in [3.63, 3.8) is 0 Å². The van der Waals surface area contributed by atoms with E-state index in [0.717, 1.165) is 10.1 Å². The van der Waals surface area contributed by atoms with Crippen LogP contribution in [0.1, 0.15) is 17.2 Å². The lowest BCUT2D eigenvalue weighted by Gasteiger charge is -2.17. The van der Waals surface area contributed by atoms with Crippen molar-refractivity contribution in [2.45, 2.75) is 12.6 Å². The molecule has 21 heavy (non-hydrogen) atoms. The van der Waals surface area contributed by atoms with Gasteiger partial charge in [-0.3, -0.25) is 9.36 Å². The molecule has 0 amide bonds.